The van der Waals surface area contributed by atoms with Gasteiger partial charge in [0.05, 0.1) is 0 Å². The van der Waals surface area contributed by atoms with Crippen molar-refractivity contribution in [2.75, 3.05) is 13.2 Å². The first-order valence-electron chi connectivity index (χ1n) is 2.73. The van der Waals surface area contributed by atoms with Gasteiger partial charge in [-0.2, -0.15) is 0 Å². The topological polar surface area (TPSA) is 49.3 Å². The standard InChI is InChI=1S/C5H10NO2P/c1-5(4-9-8)6-2-3-7/h5-7H,2-3H2,1H3. The van der Waals surface area contributed by atoms with Crippen molar-refractivity contribution in [2.45, 2.75) is 13.0 Å². The van der Waals surface area contributed by atoms with Crippen molar-refractivity contribution in [3.05, 3.63) is 0 Å². The molecule has 0 rings (SSSR count). The Bertz CT molecular complexity index is 151. The zero-order valence-corrected chi connectivity index (χ0v) is 6.19. The summed E-state index contributed by atoms with van der Waals surface area (Å²) >= 11 is 0. The van der Waals surface area contributed by atoms with Crippen LogP contribution >= 0.6 is 7.92 Å². The molecule has 0 aliphatic carbocycles. The van der Waals surface area contributed by atoms with E-state index >= 15 is 0 Å². The molecule has 9 heavy (non-hydrogen) atoms. The van der Waals surface area contributed by atoms with Crippen LogP contribution in [0.4, 0.5) is 0 Å². The van der Waals surface area contributed by atoms with Gasteiger partial charge in [-0.3, -0.25) is 0 Å². The molecule has 0 aromatic carbocycles. The summed E-state index contributed by atoms with van der Waals surface area (Å²) in [5.74, 6) is 0. The fraction of sp³-hybridized carbons (Fsp3) is 0.800. The Morgan fingerprint density at radius 2 is 2.56 bits per heavy atom. The van der Waals surface area contributed by atoms with Crippen molar-refractivity contribution in [1.82, 2.24) is 5.32 Å². The van der Waals surface area contributed by atoms with Crippen molar-refractivity contribution >= 4 is 7.92 Å². The summed E-state index contributed by atoms with van der Waals surface area (Å²) in [4.78, 5) is 0. The summed E-state index contributed by atoms with van der Waals surface area (Å²) < 4.78 is 9.86. The predicted octanol–water partition coefficient (Wildman–Crippen LogP) is 0.208. The monoisotopic (exact) mass is 147 g/mol. The summed E-state index contributed by atoms with van der Waals surface area (Å²) in [6, 6.07) is -0.0173. The Hall–Kier alpha value is -0.0700. The Morgan fingerprint density at radius 3 is 3.00 bits per heavy atom. The summed E-state index contributed by atoms with van der Waals surface area (Å²) in [7, 11) is -0.0894. The fourth-order valence-corrected chi connectivity index (χ4v) is 0.655. The third kappa shape index (κ3) is 5.81. The maximum atomic E-state index is 9.86. The molecule has 52 valence electrons. The second-order valence-electron chi connectivity index (χ2n) is 1.62. The van der Waals surface area contributed by atoms with E-state index in [4.69, 9.17) is 5.11 Å². The van der Waals surface area contributed by atoms with E-state index in [9.17, 15) is 4.57 Å². The molecular formula is C5H10NO2P. The quantitative estimate of drug-likeness (QED) is 0.561. The predicted molar refractivity (Wildman–Crippen MR) is 36.0 cm³/mol. The normalized spacial score (nSPS) is 12.2. The van der Waals surface area contributed by atoms with Crippen LogP contribution in [0.1, 0.15) is 6.92 Å². The molecular weight excluding hydrogens is 137 g/mol. The van der Waals surface area contributed by atoms with E-state index in [0.717, 1.165) is 0 Å². The molecule has 0 saturated heterocycles. The van der Waals surface area contributed by atoms with Gasteiger partial charge in [0.15, 0.2) is 0 Å². The molecule has 4 heteroatoms. The second-order valence-corrected chi connectivity index (χ2v) is 2.06. The molecule has 1 atom stereocenters. The molecule has 3 nitrogen and oxygen atoms in total. The van der Waals surface area contributed by atoms with Crippen LogP contribution in [0.25, 0.3) is 0 Å². The van der Waals surface area contributed by atoms with E-state index < -0.39 is 0 Å². The molecule has 0 aromatic rings. The molecule has 0 bridgehead atoms. The summed E-state index contributed by atoms with van der Waals surface area (Å²) in [6.45, 7) is 2.44. The first-order chi connectivity index (χ1) is 4.31. The van der Waals surface area contributed by atoms with E-state index in [0.29, 0.717) is 6.54 Å². The molecule has 0 amide bonds. The SMILES string of the molecule is CC(C#P=O)NCCO. The van der Waals surface area contributed by atoms with Gasteiger partial charge in [0.1, 0.15) is 0 Å². The third-order valence-electron chi connectivity index (χ3n) is 0.809. The van der Waals surface area contributed by atoms with Gasteiger partial charge in [-0.1, -0.05) is 0 Å². The van der Waals surface area contributed by atoms with Gasteiger partial charge in [0.2, 0.25) is 0 Å². The average molecular weight is 147 g/mol. The van der Waals surface area contributed by atoms with Crippen LogP contribution in [0.15, 0.2) is 0 Å². The number of aliphatic hydroxyl groups excluding tert-OH is 1. The number of hydrogen-bond donors (Lipinski definition) is 2. The van der Waals surface area contributed by atoms with Crippen LogP contribution in [0.3, 0.4) is 0 Å². The van der Waals surface area contributed by atoms with Crippen LogP contribution in [0.5, 0.6) is 0 Å². The Kier molecular flexibility index (Phi) is 6.01. The first-order valence-corrected chi connectivity index (χ1v) is 3.54. The molecule has 0 fully saturated rings. The Balaban J connectivity index is 3.34. The number of aliphatic hydroxyl groups is 1. The van der Waals surface area contributed by atoms with Gasteiger partial charge in [-0.15, -0.1) is 0 Å². The number of rotatable bonds is 3. The van der Waals surface area contributed by atoms with E-state index in [1.165, 1.54) is 0 Å². The van der Waals surface area contributed by atoms with Gasteiger partial charge in [0.25, 0.3) is 0 Å². The molecule has 0 aromatic heterocycles. The van der Waals surface area contributed by atoms with Crippen molar-refractivity contribution in [3.63, 3.8) is 0 Å². The average Bonchev–Trinajstić information content (AvgIpc) is 1.85. The Morgan fingerprint density at radius 1 is 1.89 bits per heavy atom. The van der Waals surface area contributed by atoms with Crippen LogP contribution in [0, 0.1) is 5.63 Å². The molecule has 0 aliphatic rings. The van der Waals surface area contributed by atoms with Crippen LogP contribution in [0.2, 0.25) is 0 Å². The van der Waals surface area contributed by atoms with Gasteiger partial charge < -0.3 is 0 Å². The van der Waals surface area contributed by atoms with Crippen LogP contribution in [-0.4, -0.2) is 24.3 Å². The third-order valence-corrected chi connectivity index (χ3v) is 1.30. The van der Waals surface area contributed by atoms with E-state index in [1.807, 2.05) is 6.92 Å². The van der Waals surface area contributed by atoms with Gasteiger partial charge in [0, 0.05) is 0 Å². The molecule has 0 heterocycles. The Labute approximate surface area is 55.6 Å². The number of hydrogen-bond acceptors (Lipinski definition) is 3. The van der Waals surface area contributed by atoms with Gasteiger partial charge in [-0.25, -0.2) is 0 Å². The minimum absolute atomic E-state index is 0.0173. The molecule has 1 unspecified atom stereocenters. The maximum absolute atomic E-state index is 9.86. The van der Waals surface area contributed by atoms with Crippen molar-refractivity contribution < 1.29 is 9.67 Å². The molecule has 0 aliphatic heterocycles. The summed E-state index contributed by atoms with van der Waals surface area (Å²) in [6.07, 6.45) is 0. The molecule has 0 radical (unpaired) electrons. The van der Waals surface area contributed by atoms with E-state index in [-0.39, 0.29) is 20.6 Å². The zero-order chi connectivity index (χ0) is 7.11. The first kappa shape index (κ1) is 8.93. The van der Waals surface area contributed by atoms with Crippen molar-refractivity contribution in [1.29, 1.82) is 0 Å². The zero-order valence-electron chi connectivity index (χ0n) is 5.29. The molecule has 2 N–H and O–H groups in total. The second kappa shape index (κ2) is 6.06. The molecule has 0 spiro atoms. The van der Waals surface area contributed by atoms with Crippen molar-refractivity contribution in [3.8, 4) is 5.63 Å². The number of nitrogens with one attached hydrogen (secondary N) is 1. The van der Waals surface area contributed by atoms with Crippen LogP contribution < -0.4 is 5.32 Å². The molecule has 0 saturated carbocycles. The van der Waals surface area contributed by atoms with Gasteiger partial charge >= 0.3 is 54.6 Å². The van der Waals surface area contributed by atoms with E-state index in [2.05, 4.69) is 10.9 Å². The minimum atomic E-state index is -0.0894. The van der Waals surface area contributed by atoms with E-state index in [1.54, 1.807) is 0 Å². The van der Waals surface area contributed by atoms with Gasteiger partial charge in [-0.05, 0) is 0 Å². The van der Waals surface area contributed by atoms with Crippen molar-refractivity contribution in [2.24, 2.45) is 0 Å². The fourth-order valence-electron chi connectivity index (χ4n) is 0.406. The van der Waals surface area contributed by atoms with Crippen LogP contribution in [-0.2, 0) is 4.57 Å². The summed E-state index contributed by atoms with van der Waals surface area (Å²) in [5, 5.41) is 11.2. The summed E-state index contributed by atoms with van der Waals surface area (Å²) in [5.41, 5.74) is 2.57.